The molecule has 0 unspecified atom stereocenters. The summed E-state index contributed by atoms with van der Waals surface area (Å²) in [4.78, 5) is 0. The van der Waals surface area contributed by atoms with Crippen LogP contribution in [0.3, 0.4) is 0 Å². The number of halogens is 1. The summed E-state index contributed by atoms with van der Waals surface area (Å²) in [7, 11) is 8.10. The predicted octanol–water partition coefficient (Wildman–Crippen LogP) is 9.82. The van der Waals surface area contributed by atoms with E-state index in [1.165, 1.54) is 41.6 Å². The van der Waals surface area contributed by atoms with Crippen molar-refractivity contribution >= 4 is 33.1 Å². The Morgan fingerprint density at radius 3 is 0.684 bits per heavy atom. The van der Waals surface area contributed by atoms with Gasteiger partial charge in [0.2, 0.25) is 0 Å². The van der Waals surface area contributed by atoms with Gasteiger partial charge in [-0.05, 0) is 0 Å². The summed E-state index contributed by atoms with van der Waals surface area (Å²) in [6.07, 6.45) is 0. The maximum atomic E-state index is 8.10. The summed E-state index contributed by atoms with van der Waals surface area (Å²) in [5.74, 6) is 0. The molecule has 0 atom stereocenters. The molecule has 0 aliphatic heterocycles. The van der Waals surface area contributed by atoms with Gasteiger partial charge in [-0.1, -0.05) is 0 Å². The Labute approximate surface area is 246 Å². The van der Waals surface area contributed by atoms with Gasteiger partial charge in [0.05, 0.1) is 0 Å². The van der Waals surface area contributed by atoms with Gasteiger partial charge in [0.25, 0.3) is 0 Å². The van der Waals surface area contributed by atoms with Gasteiger partial charge >= 0.3 is 248 Å². The zero-order valence-electron chi connectivity index (χ0n) is 28.3. The minimum absolute atomic E-state index is 0.00409. The van der Waals surface area contributed by atoms with Crippen molar-refractivity contribution in [3.8, 4) is 0 Å². The summed E-state index contributed by atoms with van der Waals surface area (Å²) >= 11 is -2.82. The van der Waals surface area contributed by atoms with Crippen LogP contribution in [-0.2, 0) is 32.5 Å². The first-order chi connectivity index (χ1) is 16.6. The SMILES string of the molecule is CC(C)(C)c1cc(C(C)(C)C)[c]([Ga]([Cl])[c]2c(C(C)(C)C)cc(C(C)(C)C)cc2C(C)(C)C)c(C(C)(C)C)c1. The summed E-state index contributed by atoms with van der Waals surface area (Å²) in [5, 5.41) is 0. The van der Waals surface area contributed by atoms with Crippen LogP contribution in [0.1, 0.15) is 158 Å². The second-order valence-corrected chi connectivity index (χ2v) is 24.0. The van der Waals surface area contributed by atoms with Gasteiger partial charge in [-0.3, -0.25) is 0 Å². The second-order valence-electron chi connectivity index (χ2n) is 17.8. The van der Waals surface area contributed by atoms with E-state index >= 15 is 0 Å². The standard InChI is InChI=1S/2C18H29.ClH.Ga/c2*1-16(2,3)13-10-14(17(4,5)6)12-15(11-13)18(7,8)9;;/h2*10-11H,1-9H3;1H;/q;;;+1/p-1. The quantitative estimate of drug-likeness (QED) is 0.303. The van der Waals surface area contributed by atoms with E-state index in [2.05, 4.69) is 149 Å². The van der Waals surface area contributed by atoms with E-state index in [0.717, 1.165) is 0 Å². The van der Waals surface area contributed by atoms with Gasteiger partial charge in [-0.2, -0.15) is 0 Å². The first kappa shape index (κ1) is 33.6. The summed E-state index contributed by atoms with van der Waals surface area (Å²) in [6.45, 7) is 42.4. The normalized spacial score (nSPS) is 14.2. The Morgan fingerprint density at radius 1 is 0.368 bits per heavy atom. The van der Waals surface area contributed by atoms with E-state index in [0.29, 0.717) is 0 Å². The minimum atomic E-state index is -2.82. The maximum absolute atomic E-state index is 8.10. The number of rotatable bonds is 2. The van der Waals surface area contributed by atoms with Crippen molar-refractivity contribution in [3.63, 3.8) is 0 Å². The van der Waals surface area contributed by atoms with Crippen LogP contribution in [0.15, 0.2) is 24.3 Å². The van der Waals surface area contributed by atoms with Crippen molar-refractivity contribution in [1.29, 1.82) is 0 Å². The molecule has 0 N–H and O–H groups in total. The fourth-order valence-electron chi connectivity index (χ4n) is 5.35. The predicted molar refractivity (Wildman–Crippen MR) is 176 cm³/mol. The van der Waals surface area contributed by atoms with Crippen molar-refractivity contribution in [3.05, 3.63) is 57.6 Å². The summed E-state index contributed by atoms with van der Waals surface area (Å²) in [5.41, 5.74) is 8.81. The van der Waals surface area contributed by atoms with Gasteiger partial charge in [0.1, 0.15) is 0 Å². The van der Waals surface area contributed by atoms with Crippen molar-refractivity contribution in [2.45, 2.75) is 157 Å². The molecule has 0 spiro atoms. The molecule has 0 aliphatic rings. The Balaban J connectivity index is 3.22. The van der Waals surface area contributed by atoms with Crippen LogP contribution in [0, 0.1) is 0 Å². The Kier molecular flexibility index (Phi) is 9.12. The fourth-order valence-corrected chi connectivity index (χ4v) is 15.0. The van der Waals surface area contributed by atoms with Crippen LogP contribution in [0.4, 0.5) is 0 Å². The molecular formula is C36H58ClGa. The van der Waals surface area contributed by atoms with Crippen LogP contribution in [-0.4, -0.2) is 15.2 Å². The molecule has 2 heteroatoms. The summed E-state index contributed by atoms with van der Waals surface area (Å²) in [6, 6.07) is 10.0. The zero-order chi connectivity index (χ0) is 30.0. The molecule has 2 aromatic carbocycles. The molecule has 0 heterocycles. The van der Waals surface area contributed by atoms with E-state index < -0.39 is 15.2 Å². The monoisotopic (exact) mass is 594 g/mol. The van der Waals surface area contributed by atoms with Crippen molar-refractivity contribution in [1.82, 2.24) is 0 Å². The molecule has 0 fully saturated rings. The first-order valence-electron chi connectivity index (χ1n) is 14.6. The third kappa shape index (κ3) is 7.35. The van der Waals surface area contributed by atoms with Gasteiger partial charge < -0.3 is 0 Å². The van der Waals surface area contributed by atoms with E-state index in [4.69, 9.17) is 9.64 Å². The summed E-state index contributed by atoms with van der Waals surface area (Å²) < 4.78 is 2.98. The number of hydrogen-bond acceptors (Lipinski definition) is 0. The average Bonchev–Trinajstić information content (AvgIpc) is 2.67. The molecular weight excluding hydrogens is 538 g/mol. The molecule has 0 bridgehead atoms. The molecule has 0 radical (unpaired) electrons. The van der Waals surface area contributed by atoms with Crippen LogP contribution in [0.2, 0.25) is 0 Å². The fraction of sp³-hybridized carbons (Fsp3) is 0.667. The Morgan fingerprint density at radius 2 is 0.553 bits per heavy atom. The molecule has 0 aromatic heterocycles. The van der Waals surface area contributed by atoms with Crippen molar-refractivity contribution < 1.29 is 0 Å². The zero-order valence-corrected chi connectivity index (χ0v) is 31.4. The average molecular weight is 596 g/mol. The van der Waals surface area contributed by atoms with Gasteiger partial charge in [0.15, 0.2) is 0 Å². The van der Waals surface area contributed by atoms with Gasteiger partial charge in [-0.15, -0.1) is 0 Å². The van der Waals surface area contributed by atoms with E-state index in [9.17, 15) is 0 Å². The number of hydrogen-bond donors (Lipinski definition) is 0. The van der Waals surface area contributed by atoms with Crippen molar-refractivity contribution in [2.75, 3.05) is 0 Å². The van der Waals surface area contributed by atoms with E-state index in [-0.39, 0.29) is 32.5 Å². The second kappa shape index (κ2) is 10.3. The topological polar surface area (TPSA) is 0 Å². The van der Waals surface area contributed by atoms with E-state index in [1.54, 1.807) is 0 Å². The molecule has 0 saturated heterocycles. The van der Waals surface area contributed by atoms with Crippen LogP contribution >= 0.6 is 9.64 Å². The molecule has 0 nitrogen and oxygen atoms in total. The first-order valence-corrected chi connectivity index (χ1v) is 20.2. The molecule has 212 valence electrons. The molecule has 2 aromatic rings. The number of benzene rings is 2. The Hall–Kier alpha value is -0.634. The van der Waals surface area contributed by atoms with E-state index in [1.807, 2.05) is 0 Å². The van der Waals surface area contributed by atoms with Crippen LogP contribution in [0.5, 0.6) is 0 Å². The molecule has 0 aliphatic carbocycles. The van der Waals surface area contributed by atoms with Gasteiger partial charge in [0, 0.05) is 0 Å². The molecule has 2 rings (SSSR count). The van der Waals surface area contributed by atoms with Crippen molar-refractivity contribution in [2.24, 2.45) is 0 Å². The third-order valence-electron chi connectivity index (χ3n) is 7.83. The van der Waals surface area contributed by atoms with Crippen LogP contribution in [0.25, 0.3) is 0 Å². The third-order valence-corrected chi connectivity index (χ3v) is 14.8. The molecule has 0 saturated carbocycles. The van der Waals surface area contributed by atoms with Crippen LogP contribution < -0.4 is 8.24 Å². The molecule has 0 amide bonds. The molecule has 38 heavy (non-hydrogen) atoms. The Bertz CT molecular complexity index is 993. The van der Waals surface area contributed by atoms with Gasteiger partial charge in [-0.25, -0.2) is 0 Å².